The minimum Gasteiger partial charge on any atom is -0.462 e. The maximum absolute atomic E-state index is 12.9. The van der Waals surface area contributed by atoms with E-state index >= 15 is 0 Å². The molecule has 530 valence electrons. The smallest absolute Gasteiger partial charge is 0.462 e. The fourth-order valence-corrected chi connectivity index (χ4v) is 11.4. The first-order valence-electron chi connectivity index (χ1n) is 38.3. The van der Waals surface area contributed by atoms with Crippen molar-refractivity contribution in [1.29, 1.82) is 0 Å². The van der Waals surface area contributed by atoms with E-state index in [1.54, 1.807) is 0 Å². The van der Waals surface area contributed by atoms with Crippen molar-refractivity contribution in [2.24, 2.45) is 0 Å². The van der Waals surface area contributed by atoms with Gasteiger partial charge in [-0.3, -0.25) is 18.6 Å². The van der Waals surface area contributed by atoms with Crippen molar-refractivity contribution in [2.75, 3.05) is 47.5 Å². The highest BCUT2D eigenvalue weighted by Gasteiger charge is 2.27. The molecule has 0 fully saturated rings. The Hall–Kier alpha value is -3.59. The SMILES string of the molecule is CC/C=C\C/C=C\C/C=C\C/C=C\C/C=C\C/C=C\C/C=C\C/C=C\C/C=C\C/C=C\CCCCCCCCCCC(=O)OC(COC(=O)CCCCCCCCCCCCCCCCCCCCCCCCCCCCCCC)COP(=O)(O)OCC[N+](C)(C)C. The number of allylic oxidation sites excluding steroid dienone is 20. The van der Waals surface area contributed by atoms with Crippen LogP contribution in [0.5, 0.6) is 0 Å². The van der Waals surface area contributed by atoms with Crippen LogP contribution in [0.25, 0.3) is 0 Å². The highest BCUT2D eigenvalue weighted by Crippen LogP contribution is 2.43. The zero-order valence-electron chi connectivity index (χ0n) is 60.5. The van der Waals surface area contributed by atoms with Gasteiger partial charge in [-0.25, -0.2) is 4.57 Å². The molecular weight excluding hydrogens is 1160 g/mol. The Morgan fingerprint density at radius 1 is 0.348 bits per heavy atom. The first-order valence-corrected chi connectivity index (χ1v) is 39.8. The van der Waals surface area contributed by atoms with Gasteiger partial charge in [-0.05, 0) is 89.9 Å². The number of phosphoric ester groups is 1. The third-order valence-corrected chi connectivity index (χ3v) is 17.5. The molecule has 0 amide bonds. The molecule has 9 nitrogen and oxygen atoms in total. The molecule has 0 aliphatic rings. The van der Waals surface area contributed by atoms with Crippen molar-refractivity contribution in [3.63, 3.8) is 0 Å². The summed E-state index contributed by atoms with van der Waals surface area (Å²) < 4.78 is 34.8. The Morgan fingerprint density at radius 2 is 0.620 bits per heavy atom. The number of nitrogens with zero attached hydrogens (tertiary/aromatic N) is 1. The van der Waals surface area contributed by atoms with Crippen LogP contribution in [0.3, 0.4) is 0 Å². The molecular formula is C82H145NO8P+. The Balaban J connectivity index is 4.06. The van der Waals surface area contributed by atoms with E-state index in [9.17, 15) is 19.0 Å². The molecule has 2 atom stereocenters. The summed E-state index contributed by atoms with van der Waals surface area (Å²) in [5.41, 5.74) is 0. The molecule has 0 radical (unpaired) electrons. The van der Waals surface area contributed by atoms with Gasteiger partial charge in [0, 0.05) is 12.8 Å². The van der Waals surface area contributed by atoms with Gasteiger partial charge in [0.15, 0.2) is 6.10 Å². The summed E-state index contributed by atoms with van der Waals surface area (Å²) >= 11 is 0. The van der Waals surface area contributed by atoms with Crippen molar-refractivity contribution in [3.8, 4) is 0 Å². The van der Waals surface area contributed by atoms with E-state index in [1.807, 2.05) is 21.1 Å². The van der Waals surface area contributed by atoms with Gasteiger partial charge in [0.1, 0.15) is 19.8 Å². The number of hydrogen-bond acceptors (Lipinski definition) is 7. The zero-order valence-corrected chi connectivity index (χ0v) is 61.4. The normalized spacial score (nSPS) is 13.8. The molecule has 0 aliphatic carbocycles. The Kier molecular flexibility index (Phi) is 68.9. The number of esters is 2. The summed E-state index contributed by atoms with van der Waals surface area (Å²) in [5, 5.41) is 0. The molecule has 0 aromatic rings. The lowest BCUT2D eigenvalue weighted by Gasteiger charge is -2.24. The summed E-state index contributed by atoms with van der Waals surface area (Å²) in [6.45, 7) is 4.35. The molecule has 92 heavy (non-hydrogen) atoms. The Morgan fingerprint density at radius 3 is 0.924 bits per heavy atom. The van der Waals surface area contributed by atoms with Crippen LogP contribution >= 0.6 is 7.82 Å². The van der Waals surface area contributed by atoms with Crippen molar-refractivity contribution in [2.45, 2.75) is 341 Å². The maximum atomic E-state index is 12.9. The summed E-state index contributed by atoms with van der Waals surface area (Å²) in [6.07, 6.45) is 103. The highest BCUT2D eigenvalue weighted by atomic mass is 31.2. The van der Waals surface area contributed by atoms with Crippen LogP contribution in [0.4, 0.5) is 0 Å². The quantitative estimate of drug-likeness (QED) is 0.0211. The van der Waals surface area contributed by atoms with E-state index in [1.165, 1.54) is 193 Å². The van der Waals surface area contributed by atoms with Crippen LogP contribution in [-0.2, 0) is 32.7 Å². The number of ether oxygens (including phenoxy) is 2. The predicted octanol–water partition coefficient (Wildman–Crippen LogP) is 25.4. The standard InChI is InChI=1S/C82H144NO8P/c1-6-8-10-12-14-16-18-20-22-24-26-28-30-32-34-36-37-38-39-40-41-42-43-44-45-47-49-51-53-55-57-59-61-63-65-67-69-71-73-75-82(85)91-80(79-90-92(86,87)89-77-76-83(3,4)5)78-88-81(84)74-72-70-68-66-64-62-60-58-56-54-52-50-48-46-35-33-31-29-27-25-23-21-19-17-15-13-11-9-7-2/h8,10,14,16,20,22,26,28,32,34,37-38,40-41,43-44,47,49,53,55,80H,6-7,9,11-13,15,17-19,21,23-25,27,29-31,33,35-36,39,42,45-46,48,50-52,54,56-79H2,1-5H3/p+1/b10-8-,16-14-,22-20-,28-26-,34-32-,38-37-,41-40-,44-43-,49-47-,55-53-. The van der Waals surface area contributed by atoms with E-state index in [2.05, 4.69) is 135 Å². The molecule has 0 heterocycles. The van der Waals surface area contributed by atoms with Crippen LogP contribution < -0.4 is 0 Å². The number of quaternary nitrogens is 1. The van der Waals surface area contributed by atoms with Crippen molar-refractivity contribution in [1.82, 2.24) is 0 Å². The molecule has 0 aromatic carbocycles. The third kappa shape index (κ3) is 75.4. The monoisotopic (exact) mass is 1300 g/mol. The summed E-state index contributed by atoms with van der Waals surface area (Å²) in [5.74, 6) is -0.799. The van der Waals surface area contributed by atoms with Crippen LogP contribution in [0, 0.1) is 0 Å². The maximum Gasteiger partial charge on any atom is 0.472 e. The van der Waals surface area contributed by atoms with E-state index in [0.29, 0.717) is 17.4 Å². The zero-order chi connectivity index (χ0) is 66.9. The van der Waals surface area contributed by atoms with Gasteiger partial charge in [0.25, 0.3) is 0 Å². The molecule has 0 saturated heterocycles. The molecule has 0 bridgehead atoms. The first kappa shape index (κ1) is 88.4. The fourth-order valence-electron chi connectivity index (χ4n) is 10.7. The van der Waals surface area contributed by atoms with E-state index in [4.69, 9.17) is 18.5 Å². The number of carbonyl (C=O) groups is 2. The van der Waals surface area contributed by atoms with Gasteiger partial charge in [0.05, 0.1) is 27.7 Å². The fraction of sp³-hybridized carbons (Fsp3) is 0.732. The lowest BCUT2D eigenvalue weighted by molar-refractivity contribution is -0.870. The minimum atomic E-state index is -4.40. The van der Waals surface area contributed by atoms with Gasteiger partial charge in [-0.2, -0.15) is 0 Å². The largest absolute Gasteiger partial charge is 0.472 e. The molecule has 2 unspecified atom stereocenters. The Labute approximate surface area is 568 Å². The van der Waals surface area contributed by atoms with Crippen LogP contribution in [0.15, 0.2) is 122 Å². The third-order valence-electron chi connectivity index (χ3n) is 16.5. The van der Waals surface area contributed by atoms with Crippen molar-refractivity contribution < 1.29 is 42.1 Å². The minimum absolute atomic E-state index is 0.0263. The topological polar surface area (TPSA) is 108 Å². The lowest BCUT2D eigenvalue weighted by Crippen LogP contribution is -2.37. The summed E-state index contributed by atoms with van der Waals surface area (Å²) in [7, 11) is 1.47. The molecule has 0 rings (SSSR count). The number of rotatable bonds is 70. The average Bonchev–Trinajstić information content (AvgIpc) is 2.14. The van der Waals surface area contributed by atoms with E-state index < -0.39 is 26.5 Å². The molecule has 0 spiro atoms. The highest BCUT2D eigenvalue weighted by molar-refractivity contribution is 7.47. The second-order valence-electron chi connectivity index (χ2n) is 26.7. The van der Waals surface area contributed by atoms with Crippen LogP contribution in [0.2, 0.25) is 0 Å². The van der Waals surface area contributed by atoms with Gasteiger partial charge in [-0.1, -0.05) is 354 Å². The number of likely N-dealkylation sites (N-methyl/N-ethyl adjacent to an activating group) is 1. The molecule has 0 aliphatic heterocycles. The second-order valence-corrected chi connectivity index (χ2v) is 28.1. The van der Waals surface area contributed by atoms with Crippen molar-refractivity contribution >= 4 is 19.8 Å². The van der Waals surface area contributed by atoms with Gasteiger partial charge in [0.2, 0.25) is 0 Å². The molecule has 0 aromatic heterocycles. The average molecular weight is 1300 g/mol. The lowest BCUT2D eigenvalue weighted by atomic mass is 10.0. The summed E-state index contributed by atoms with van der Waals surface area (Å²) in [4.78, 5) is 35.9. The number of unbranched alkanes of at least 4 members (excludes halogenated alkanes) is 36. The van der Waals surface area contributed by atoms with E-state index in [-0.39, 0.29) is 32.0 Å². The number of carbonyl (C=O) groups excluding carboxylic acids is 2. The van der Waals surface area contributed by atoms with Crippen molar-refractivity contribution in [3.05, 3.63) is 122 Å². The molecule has 1 N–H and O–H groups in total. The number of phosphoric acid groups is 1. The number of hydrogen-bond donors (Lipinski definition) is 1. The summed E-state index contributed by atoms with van der Waals surface area (Å²) in [6, 6.07) is 0. The molecule has 10 heteroatoms. The van der Waals surface area contributed by atoms with Gasteiger partial charge in [-0.15, -0.1) is 0 Å². The first-order chi connectivity index (χ1) is 45.0. The van der Waals surface area contributed by atoms with E-state index in [0.717, 1.165) is 109 Å². The second kappa shape index (κ2) is 71.7. The predicted molar refractivity (Wildman–Crippen MR) is 399 cm³/mol. The van der Waals surface area contributed by atoms with Gasteiger partial charge < -0.3 is 18.9 Å². The van der Waals surface area contributed by atoms with Gasteiger partial charge >= 0.3 is 19.8 Å². The Bertz CT molecular complexity index is 1970. The van der Waals surface area contributed by atoms with Crippen LogP contribution in [-0.4, -0.2) is 74.9 Å². The molecule has 0 saturated carbocycles. The van der Waals surface area contributed by atoms with Crippen LogP contribution in [0.1, 0.15) is 335 Å².